The minimum absolute atomic E-state index is 0.105. The summed E-state index contributed by atoms with van der Waals surface area (Å²) in [5.74, 6) is 4.83. The predicted molar refractivity (Wildman–Crippen MR) is 37.6 cm³/mol. The molecule has 0 bridgehead atoms. The molecule has 0 aromatic heterocycles. The maximum Gasteiger partial charge on any atom is 0.180 e. The van der Waals surface area contributed by atoms with Crippen LogP contribution in [0.5, 0.6) is 0 Å². The number of aliphatic hydroxyl groups excluding tert-OH is 3. The first-order valence-corrected chi connectivity index (χ1v) is 3.67. The first kappa shape index (κ1) is 9.85. The molecule has 0 saturated carbocycles. The van der Waals surface area contributed by atoms with Crippen molar-refractivity contribution in [3.63, 3.8) is 0 Å². The van der Waals surface area contributed by atoms with Gasteiger partial charge in [-0.2, -0.15) is 0 Å². The Labute approximate surface area is 69.5 Å². The summed E-state index contributed by atoms with van der Waals surface area (Å²) >= 11 is 0. The van der Waals surface area contributed by atoms with Crippen LogP contribution in [0.2, 0.25) is 0 Å². The van der Waals surface area contributed by atoms with E-state index in [9.17, 15) is 10.2 Å². The maximum absolute atomic E-state index is 9.22. The third-order valence-electron chi connectivity index (χ3n) is 1.87. The second kappa shape index (κ2) is 4.13. The van der Waals surface area contributed by atoms with Crippen molar-refractivity contribution in [3.8, 4) is 0 Å². The molecule has 1 heterocycles. The van der Waals surface area contributed by atoms with E-state index < -0.39 is 24.6 Å². The van der Waals surface area contributed by atoms with Gasteiger partial charge >= 0.3 is 0 Å². The van der Waals surface area contributed by atoms with Crippen LogP contribution in [0.15, 0.2) is 0 Å². The number of rotatable bonds is 2. The molecule has 0 aliphatic carbocycles. The van der Waals surface area contributed by atoms with E-state index in [1.165, 1.54) is 0 Å². The van der Waals surface area contributed by atoms with E-state index in [4.69, 9.17) is 15.7 Å². The van der Waals surface area contributed by atoms with E-state index in [1.807, 2.05) is 0 Å². The molecule has 1 aliphatic heterocycles. The summed E-state index contributed by atoms with van der Waals surface area (Å²) < 4.78 is 4.96. The Morgan fingerprint density at radius 1 is 1.50 bits per heavy atom. The second-order valence-corrected chi connectivity index (χ2v) is 2.72. The van der Waals surface area contributed by atoms with Gasteiger partial charge in [0.25, 0.3) is 0 Å². The van der Waals surface area contributed by atoms with Gasteiger partial charge in [-0.15, -0.1) is 0 Å². The SMILES string of the molecule is NO[C@@H]1CC(O)[C@H](O)C(CO)O1. The summed E-state index contributed by atoms with van der Waals surface area (Å²) in [5, 5.41) is 27.1. The van der Waals surface area contributed by atoms with Gasteiger partial charge in [-0.3, -0.25) is 4.84 Å². The van der Waals surface area contributed by atoms with Gasteiger partial charge in [0.1, 0.15) is 12.2 Å². The lowest BCUT2D eigenvalue weighted by atomic mass is 10.0. The maximum atomic E-state index is 9.22. The highest BCUT2D eigenvalue weighted by atomic mass is 16.8. The van der Waals surface area contributed by atoms with Gasteiger partial charge < -0.3 is 20.1 Å². The van der Waals surface area contributed by atoms with Crippen molar-refractivity contribution in [3.05, 3.63) is 0 Å². The Bertz CT molecular complexity index is 144. The monoisotopic (exact) mass is 179 g/mol. The summed E-state index contributed by atoms with van der Waals surface area (Å²) in [7, 11) is 0. The van der Waals surface area contributed by atoms with Crippen LogP contribution in [0.3, 0.4) is 0 Å². The summed E-state index contributed by atoms with van der Waals surface area (Å²) in [5.41, 5.74) is 0. The molecular formula is C6H13NO5. The fourth-order valence-corrected chi connectivity index (χ4v) is 1.15. The van der Waals surface area contributed by atoms with Gasteiger partial charge in [0.05, 0.1) is 12.7 Å². The molecule has 1 rings (SSSR count). The molecule has 1 aliphatic rings. The summed E-state index contributed by atoms with van der Waals surface area (Å²) in [6.45, 7) is -0.377. The molecule has 72 valence electrons. The summed E-state index contributed by atoms with van der Waals surface area (Å²) in [6, 6.07) is 0. The van der Waals surface area contributed by atoms with E-state index >= 15 is 0 Å². The highest BCUT2D eigenvalue weighted by Gasteiger charge is 2.36. The standard InChI is InChI=1S/C6H13NO5/c7-12-5-1-3(9)6(10)4(2-8)11-5/h3-6,8-10H,1-2,7H2/t3?,4?,5-,6+/m1/s1. The highest BCUT2D eigenvalue weighted by Crippen LogP contribution is 2.19. The Kier molecular flexibility index (Phi) is 3.39. The van der Waals surface area contributed by atoms with Crippen molar-refractivity contribution in [1.82, 2.24) is 0 Å². The summed E-state index contributed by atoms with van der Waals surface area (Å²) in [4.78, 5) is 4.34. The van der Waals surface area contributed by atoms with E-state index in [0.29, 0.717) is 0 Å². The number of ether oxygens (including phenoxy) is 1. The van der Waals surface area contributed by atoms with Gasteiger partial charge in [-0.25, -0.2) is 5.90 Å². The molecule has 1 fully saturated rings. The van der Waals surface area contributed by atoms with Crippen molar-refractivity contribution < 1.29 is 24.9 Å². The van der Waals surface area contributed by atoms with Crippen LogP contribution in [-0.2, 0) is 9.57 Å². The quantitative estimate of drug-likeness (QED) is 0.355. The zero-order valence-corrected chi connectivity index (χ0v) is 6.46. The molecule has 12 heavy (non-hydrogen) atoms. The fraction of sp³-hybridized carbons (Fsp3) is 1.00. The van der Waals surface area contributed by atoms with Crippen LogP contribution in [0, 0.1) is 0 Å². The van der Waals surface area contributed by atoms with Crippen LogP contribution in [0.1, 0.15) is 6.42 Å². The van der Waals surface area contributed by atoms with Gasteiger partial charge in [0.2, 0.25) is 0 Å². The van der Waals surface area contributed by atoms with Crippen molar-refractivity contribution in [2.75, 3.05) is 6.61 Å². The third-order valence-corrected chi connectivity index (χ3v) is 1.87. The molecule has 0 radical (unpaired) electrons. The Hall–Kier alpha value is -0.240. The number of hydrogen-bond acceptors (Lipinski definition) is 6. The molecule has 6 heteroatoms. The normalized spacial score (nSPS) is 43.0. The molecule has 0 spiro atoms. The first-order chi connectivity index (χ1) is 5.69. The van der Waals surface area contributed by atoms with E-state index in [1.54, 1.807) is 0 Å². The highest BCUT2D eigenvalue weighted by molar-refractivity contribution is 4.81. The molecule has 1 saturated heterocycles. The lowest BCUT2D eigenvalue weighted by Gasteiger charge is -2.34. The van der Waals surface area contributed by atoms with Crippen LogP contribution in [0.4, 0.5) is 0 Å². The van der Waals surface area contributed by atoms with Gasteiger partial charge in [-0.1, -0.05) is 0 Å². The second-order valence-electron chi connectivity index (χ2n) is 2.72. The smallest absolute Gasteiger partial charge is 0.180 e. The van der Waals surface area contributed by atoms with Gasteiger partial charge in [-0.05, 0) is 0 Å². The molecular weight excluding hydrogens is 166 g/mol. The largest absolute Gasteiger partial charge is 0.394 e. The molecule has 0 aromatic rings. The number of nitrogens with two attached hydrogens (primary N) is 1. The molecule has 0 aromatic carbocycles. The summed E-state index contributed by atoms with van der Waals surface area (Å²) in [6.07, 6.45) is -3.54. The zero-order chi connectivity index (χ0) is 9.14. The first-order valence-electron chi connectivity index (χ1n) is 3.67. The van der Waals surface area contributed by atoms with Crippen molar-refractivity contribution in [2.45, 2.75) is 31.0 Å². The zero-order valence-electron chi connectivity index (χ0n) is 6.46. The van der Waals surface area contributed by atoms with Crippen molar-refractivity contribution >= 4 is 0 Å². The lowest BCUT2D eigenvalue weighted by molar-refractivity contribution is -0.258. The lowest BCUT2D eigenvalue weighted by Crippen LogP contribution is -2.51. The Balaban J connectivity index is 2.52. The van der Waals surface area contributed by atoms with Crippen LogP contribution in [-0.4, -0.2) is 46.5 Å². The Morgan fingerprint density at radius 3 is 2.67 bits per heavy atom. The van der Waals surface area contributed by atoms with E-state index in [0.717, 1.165) is 0 Å². The average Bonchev–Trinajstić information content (AvgIpc) is 2.09. The van der Waals surface area contributed by atoms with Crippen LogP contribution >= 0.6 is 0 Å². The van der Waals surface area contributed by atoms with Gasteiger partial charge in [0.15, 0.2) is 6.29 Å². The topological polar surface area (TPSA) is 105 Å². The minimum Gasteiger partial charge on any atom is -0.394 e. The number of hydrogen-bond donors (Lipinski definition) is 4. The molecule has 6 nitrogen and oxygen atoms in total. The Morgan fingerprint density at radius 2 is 2.17 bits per heavy atom. The molecule has 2 unspecified atom stereocenters. The van der Waals surface area contributed by atoms with E-state index in [-0.39, 0.29) is 13.0 Å². The molecule has 4 atom stereocenters. The van der Waals surface area contributed by atoms with Crippen molar-refractivity contribution in [2.24, 2.45) is 5.90 Å². The minimum atomic E-state index is -1.08. The van der Waals surface area contributed by atoms with Gasteiger partial charge in [0, 0.05) is 6.42 Å². The molecule has 5 N–H and O–H groups in total. The molecule has 0 amide bonds. The average molecular weight is 179 g/mol. The van der Waals surface area contributed by atoms with E-state index in [2.05, 4.69) is 4.84 Å². The van der Waals surface area contributed by atoms with Crippen molar-refractivity contribution in [1.29, 1.82) is 0 Å². The number of aliphatic hydroxyl groups is 3. The predicted octanol–water partition coefficient (Wildman–Crippen LogP) is -2.29. The van der Waals surface area contributed by atoms with Crippen LogP contribution < -0.4 is 5.90 Å². The van der Waals surface area contributed by atoms with Crippen LogP contribution in [0.25, 0.3) is 0 Å². The third kappa shape index (κ3) is 1.92. The fourth-order valence-electron chi connectivity index (χ4n) is 1.15.